The molecule has 2 aromatic carbocycles. The van der Waals surface area contributed by atoms with Crippen molar-refractivity contribution < 1.29 is 4.39 Å². The van der Waals surface area contributed by atoms with E-state index >= 15 is 0 Å². The van der Waals surface area contributed by atoms with E-state index in [0.29, 0.717) is 17.8 Å². The van der Waals surface area contributed by atoms with E-state index < -0.39 is 0 Å². The van der Waals surface area contributed by atoms with Crippen LogP contribution in [0.4, 0.5) is 4.39 Å². The van der Waals surface area contributed by atoms with Crippen LogP contribution in [-0.2, 0) is 6.54 Å². The van der Waals surface area contributed by atoms with Gasteiger partial charge in [-0.05, 0) is 55.3 Å². The molecule has 0 spiro atoms. The molecule has 0 saturated carbocycles. The quantitative estimate of drug-likeness (QED) is 0.563. The number of fused-ring (bicyclic) bond motifs is 1. The molecule has 0 amide bonds. The summed E-state index contributed by atoms with van der Waals surface area (Å²) in [6, 6.07) is 14.1. The van der Waals surface area contributed by atoms with Crippen LogP contribution < -0.4 is 5.56 Å². The van der Waals surface area contributed by atoms with Crippen LogP contribution >= 0.6 is 0 Å². The summed E-state index contributed by atoms with van der Waals surface area (Å²) in [5.74, 6) is -0.298. The van der Waals surface area contributed by atoms with E-state index in [4.69, 9.17) is 0 Å². The van der Waals surface area contributed by atoms with Crippen LogP contribution in [0.15, 0.2) is 65.7 Å². The van der Waals surface area contributed by atoms with Crippen molar-refractivity contribution in [1.29, 1.82) is 0 Å². The van der Waals surface area contributed by atoms with E-state index in [2.05, 4.69) is 23.3 Å². The smallest absolute Gasteiger partial charge is 0.276 e. The Kier molecular flexibility index (Phi) is 3.92. The summed E-state index contributed by atoms with van der Waals surface area (Å²) in [6.45, 7) is 4.60. The van der Waals surface area contributed by atoms with Gasteiger partial charge in [-0.25, -0.2) is 8.91 Å². The van der Waals surface area contributed by atoms with Gasteiger partial charge in [0, 0.05) is 18.0 Å². The third kappa shape index (κ3) is 2.92. The van der Waals surface area contributed by atoms with E-state index in [1.807, 2.05) is 13.8 Å². The molecule has 0 saturated heterocycles. The van der Waals surface area contributed by atoms with Gasteiger partial charge in [0.25, 0.3) is 5.56 Å². The summed E-state index contributed by atoms with van der Waals surface area (Å²) in [7, 11) is 0. The first kappa shape index (κ1) is 16.3. The van der Waals surface area contributed by atoms with Crippen LogP contribution in [0.2, 0.25) is 0 Å². The highest BCUT2D eigenvalue weighted by molar-refractivity contribution is 5.65. The first-order chi connectivity index (χ1) is 12.5. The highest BCUT2D eigenvalue weighted by Gasteiger charge is 2.10. The maximum atomic E-state index is 13.1. The molecular weight excluding hydrogens is 329 g/mol. The molecule has 26 heavy (non-hydrogen) atoms. The van der Waals surface area contributed by atoms with Crippen LogP contribution in [0.1, 0.15) is 16.7 Å². The number of hydrogen-bond acceptors (Lipinski definition) is 2. The zero-order valence-electron chi connectivity index (χ0n) is 14.6. The van der Waals surface area contributed by atoms with Crippen molar-refractivity contribution in [3.8, 4) is 11.3 Å². The van der Waals surface area contributed by atoms with Crippen LogP contribution in [0.3, 0.4) is 0 Å². The molecule has 0 fully saturated rings. The summed E-state index contributed by atoms with van der Waals surface area (Å²) in [5.41, 5.74) is 5.26. The van der Waals surface area contributed by atoms with Crippen molar-refractivity contribution in [2.24, 2.45) is 0 Å². The summed E-state index contributed by atoms with van der Waals surface area (Å²) in [5, 5.41) is 4.43. The van der Waals surface area contributed by atoms with Gasteiger partial charge < -0.3 is 4.57 Å². The molecule has 2 aromatic heterocycles. The Morgan fingerprint density at radius 2 is 1.77 bits per heavy atom. The lowest BCUT2D eigenvalue weighted by Gasteiger charge is -2.10. The summed E-state index contributed by atoms with van der Waals surface area (Å²) in [6.07, 6.45) is 3.52. The summed E-state index contributed by atoms with van der Waals surface area (Å²) in [4.78, 5) is 12.9. The number of aryl methyl sites for hydroxylation is 2. The first-order valence-electron chi connectivity index (χ1n) is 8.42. The van der Waals surface area contributed by atoms with E-state index in [9.17, 15) is 9.18 Å². The van der Waals surface area contributed by atoms with Crippen molar-refractivity contribution in [1.82, 2.24) is 14.2 Å². The normalized spacial score (nSPS) is 11.2. The van der Waals surface area contributed by atoms with Crippen molar-refractivity contribution in [3.05, 3.63) is 93.8 Å². The van der Waals surface area contributed by atoms with Gasteiger partial charge >= 0.3 is 0 Å². The second-order valence-electron chi connectivity index (χ2n) is 6.53. The lowest BCUT2D eigenvalue weighted by molar-refractivity contribution is 0.628. The molecule has 4 aromatic rings. The van der Waals surface area contributed by atoms with E-state index in [1.165, 1.54) is 17.7 Å². The molecule has 0 aliphatic heterocycles. The number of halogens is 1. The zero-order valence-corrected chi connectivity index (χ0v) is 14.6. The molecular formula is C21H18FN3O. The SMILES string of the molecule is Cc1ccc(C)c(Cn2ccn3nc(-c4ccc(F)cc4)cc3c2=O)c1. The topological polar surface area (TPSA) is 39.3 Å². The van der Waals surface area contributed by atoms with Crippen molar-refractivity contribution in [3.63, 3.8) is 0 Å². The highest BCUT2D eigenvalue weighted by Crippen LogP contribution is 2.19. The Morgan fingerprint density at radius 1 is 1.00 bits per heavy atom. The Hall–Kier alpha value is -3.21. The maximum Gasteiger partial charge on any atom is 0.276 e. The molecule has 5 heteroatoms. The largest absolute Gasteiger partial charge is 0.308 e. The minimum absolute atomic E-state index is 0.103. The molecule has 0 N–H and O–H groups in total. The molecule has 130 valence electrons. The van der Waals surface area contributed by atoms with Gasteiger partial charge in [0.1, 0.15) is 11.3 Å². The third-order valence-electron chi connectivity index (χ3n) is 4.59. The summed E-state index contributed by atoms with van der Waals surface area (Å²) < 4.78 is 16.4. The number of rotatable bonds is 3. The zero-order chi connectivity index (χ0) is 18.3. The second kappa shape index (κ2) is 6.26. The van der Waals surface area contributed by atoms with Gasteiger partial charge in [-0.15, -0.1) is 0 Å². The molecule has 4 rings (SSSR count). The molecule has 0 bridgehead atoms. The Bertz CT molecular complexity index is 1160. The number of hydrogen-bond donors (Lipinski definition) is 0. The predicted molar refractivity (Wildman–Crippen MR) is 99.9 cm³/mol. The molecule has 0 atom stereocenters. The lowest BCUT2D eigenvalue weighted by Crippen LogP contribution is -2.22. The molecule has 0 aliphatic carbocycles. The Morgan fingerprint density at radius 3 is 2.54 bits per heavy atom. The van der Waals surface area contributed by atoms with Crippen molar-refractivity contribution >= 4 is 5.52 Å². The number of nitrogens with zero attached hydrogens (tertiary/aromatic N) is 3. The minimum atomic E-state index is -0.298. The maximum absolute atomic E-state index is 13.1. The summed E-state index contributed by atoms with van der Waals surface area (Å²) >= 11 is 0. The number of aromatic nitrogens is 3. The van der Waals surface area contributed by atoms with Crippen LogP contribution in [0.25, 0.3) is 16.8 Å². The first-order valence-corrected chi connectivity index (χ1v) is 8.42. The van der Waals surface area contributed by atoms with E-state index in [1.54, 1.807) is 39.7 Å². The van der Waals surface area contributed by atoms with Crippen LogP contribution in [0.5, 0.6) is 0 Å². The molecule has 2 heterocycles. The Balaban J connectivity index is 1.76. The van der Waals surface area contributed by atoms with Crippen LogP contribution in [-0.4, -0.2) is 14.2 Å². The number of benzene rings is 2. The predicted octanol–water partition coefficient (Wildman–Crippen LogP) is 3.97. The van der Waals surface area contributed by atoms with Crippen molar-refractivity contribution in [2.75, 3.05) is 0 Å². The van der Waals surface area contributed by atoms with Gasteiger partial charge in [-0.2, -0.15) is 5.10 Å². The standard InChI is InChI=1S/C21H18FN3O/c1-14-3-4-15(2)17(11-14)13-24-9-10-25-20(21(24)26)12-19(23-25)16-5-7-18(22)8-6-16/h3-12H,13H2,1-2H3. The Labute approximate surface area is 150 Å². The van der Waals surface area contributed by atoms with Gasteiger partial charge in [0.05, 0.1) is 12.2 Å². The molecule has 0 aliphatic rings. The fourth-order valence-electron chi connectivity index (χ4n) is 3.07. The molecule has 0 radical (unpaired) electrons. The van der Waals surface area contributed by atoms with E-state index in [-0.39, 0.29) is 11.4 Å². The van der Waals surface area contributed by atoms with Gasteiger partial charge in [0.15, 0.2) is 0 Å². The van der Waals surface area contributed by atoms with Gasteiger partial charge in [-0.1, -0.05) is 23.8 Å². The lowest BCUT2D eigenvalue weighted by atomic mass is 10.1. The molecule has 0 unspecified atom stereocenters. The third-order valence-corrected chi connectivity index (χ3v) is 4.59. The monoisotopic (exact) mass is 347 g/mol. The van der Waals surface area contributed by atoms with Gasteiger partial charge in [0.2, 0.25) is 0 Å². The average Bonchev–Trinajstić information content (AvgIpc) is 3.06. The van der Waals surface area contributed by atoms with Gasteiger partial charge in [-0.3, -0.25) is 4.79 Å². The minimum Gasteiger partial charge on any atom is -0.308 e. The average molecular weight is 347 g/mol. The van der Waals surface area contributed by atoms with E-state index in [0.717, 1.165) is 16.7 Å². The van der Waals surface area contributed by atoms with Crippen LogP contribution in [0, 0.1) is 19.7 Å². The van der Waals surface area contributed by atoms with Crippen molar-refractivity contribution in [2.45, 2.75) is 20.4 Å². The molecule has 4 nitrogen and oxygen atoms in total. The highest BCUT2D eigenvalue weighted by atomic mass is 19.1. The second-order valence-corrected chi connectivity index (χ2v) is 6.53. The fraction of sp³-hybridized carbons (Fsp3) is 0.143. The fourth-order valence-corrected chi connectivity index (χ4v) is 3.07.